The van der Waals surface area contributed by atoms with E-state index in [4.69, 9.17) is 0 Å². The smallest absolute Gasteiger partial charge is 0.274 e. The number of imide groups is 1. The van der Waals surface area contributed by atoms with E-state index in [0.29, 0.717) is 5.69 Å². The van der Waals surface area contributed by atoms with E-state index in [2.05, 4.69) is 34.4 Å². The normalized spacial score (nSPS) is 13.7. The number of carbonyl (C=O) groups is 2. The maximum Gasteiger partial charge on any atom is 0.352 e. The van der Waals surface area contributed by atoms with Gasteiger partial charge < -0.3 is 0 Å². The van der Waals surface area contributed by atoms with E-state index in [1.54, 1.807) is 24.7 Å². The minimum absolute atomic E-state index is 0.286. The molecule has 0 fully saturated rings. The number of hydrazone groups is 1. The summed E-state index contributed by atoms with van der Waals surface area (Å²) in [5.74, 6) is -0.347. The molecule has 1 aliphatic heterocycles. The Labute approximate surface area is 169 Å². The summed E-state index contributed by atoms with van der Waals surface area (Å²) in [6.45, 7) is 3.71. The number of hydrogen-bond acceptors (Lipinski definition) is 4. The van der Waals surface area contributed by atoms with Crippen molar-refractivity contribution in [1.82, 2.24) is 9.99 Å². The average molecular weight is 384 g/mol. The molecule has 0 N–H and O–H groups in total. The Morgan fingerprint density at radius 3 is 2.55 bits per heavy atom. The van der Waals surface area contributed by atoms with Gasteiger partial charge in [-0.1, -0.05) is 42.0 Å². The summed E-state index contributed by atoms with van der Waals surface area (Å²) in [5.41, 5.74) is 5.53. The molecule has 0 saturated carbocycles. The van der Waals surface area contributed by atoms with E-state index in [1.807, 2.05) is 31.2 Å². The number of aromatic nitrogens is 1. The first-order valence-corrected chi connectivity index (χ1v) is 9.29. The van der Waals surface area contributed by atoms with E-state index >= 15 is 0 Å². The molecule has 0 aliphatic carbocycles. The van der Waals surface area contributed by atoms with Gasteiger partial charge in [0, 0.05) is 24.9 Å². The van der Waals surface area contributed by atoms with Gasteiger partial charge in [-0.05, 0) is 41.8 Å². The van der Waals surface area contributed by atoms with E-state index in [9.17, 15) is 9.59 Å². The summed E-state index contributed by atoms with van der Waals surface area (Å²) in [6, 6.07) is 17.2. The van der Waals surface area contributed by atoms with Crippen molar-refractivity contribution in [2.45, 2.75) is 20.4 Å². The van der Waals surface area contributed by atoms with Gasteiger partial charge in [-0.3, -0.25) is 9.78 Å². The molecule has 0 spiro atoms. The van der Waals surface area contributed by atoms with Crippen LogP contribution in [-0.2, 0) is 11.3 Å². The summed E-state index contributed by atoms with van der Waals surface area (Å²) in [4.78, 5) is 30.2. The van der Waals surface area contributed by atoms with Crippen LogP contribution in [0.2, 0.25) is 0 Å². The molecular formula is C23H20N4O2. The summed E-state index contributed by atoms with van der Waals surface area (Å²) in [6.07, 6.45) is 4.89. The second-order valence-electron chi connectivity index (χ2n) is 6.94. The van der Waals surface area contributed by atoms with Crippen molar-refractivity contribution >= 4 is 23.8 Å². The molecule has 0 atom stereocenters. The molecular weight excluding hydrogens is 364 g/mol. The molecule has 0 bridgehead atoms. The van der Waals surface area contributed by atoms with Gasteiger partial charge in [0.25, 0.3) is 0 Å². The van der Waals surface area contributed by atoms with Gasteiger partial charge in [0.1, 0.15) is 0 Å². The van der Waals surface area contributed by atoms with Crippen molar-refractivity contribution in [1.29, 1.82) is 0 Å². The van der Waals surface area contributed by atoms with E-state index in [1.165, 1.54) is 22.4 Å². The molecule has 1 aromatic heterocycles. The number of pyridine rings is 1. The first-order valence-electron chi connectivity index (χ1n) is 9.29. The number of urea groups is 1. The van der Waals surface area contributed by atoms with Crippen LogP contribution in [-0.4, -0.2) is 28.1 Å². The van der Waals surface area contributed by atoms with Crippen LogP contribution in [0, 0.1) is 6.92 Å². The number of rotatable bonds is 3. The molecule has 144 valence electrons. The highest BCUT2D eigenvalue weighted by Crippen LogP contribution is 2.33. The van der Waals surface area contributed by atoms with Crippen LogP contribution in [0.5, 0.6) is 0 Å². The first kappa shape index (κ1) is 18.6. The number of amides is 3. The minimum Gasteiger partial charge on any atom is -0.274 e. The van der Waals surface area contributed by atoms with E-state index < -0.39 is 6.03 Å². The van der Waals surface area contributed by atoms with Gasteiger partial charge in [0.2, 0.25) is 5.91 Å². The highest BCUT2D eigenvalue weighted by molar-refractivity contribution is 6.15. The fourth-order valence-corrected chi connectivity index (χ4v) is 3.29. The first-order chi connectivity index (χ1) is 14.0. The van der Waals surface area contributed by atoms with Crippen LogP contribution in [0.4, 0.5) is 10.5 Å². The van der Waals surface area contributed by atoms with Gasteiger partial charge in [0.15, 0.2) is 0 Å². The van der Waals surface area contributed by atoms with Gasteiger partial charge in [0.05, 0.1) is 18.4 Å². The number of fused-ring (bicyclic) bond motifs is 1. The molecule has 1 aliphatic rings. The second kappa shape index (κ2) is 7.67. The lowest BCUT2D eigenvalue weighted by atomic mass is 9.99. The van der Waals surface area contributed by atoms with Crippen molar-refractivity contribution in [2.24, 2.45) is 5.10 Å². The highest BCUT2D eigenvalue weighted by atomic mass is 16.2. The summed E-state index contributed by atoms with van der Waals surface area (Å²) in [5, 5.41) is 5.61. The molecule has 4 rings (SSSR count). The Hall–Kier alpha value is -3.80. The monoisotopic (exact) mass is 384 g/mol. The SMILES string of the molecule is CC(=O)N1C(=O)N(N=Cc2cccnc2)Cc2cc(-c3ccc(C)cc3)ccc21. The van der Waals surface area contributed by atoms with Gasteiger partial charge in [-0.25, -0.2) is 14.7 Å². The van der Waals surface area contributed by atoms with Crippen LogP contribution >= 0.6 is 0 Å². The Bertz CT molecular complexity index is 1090. The number of benzene rings is 2. The predicted molar refractivity (Wildman–Crippen MR) is 113 cm³/mol. The molecule has 2 aromatic carbocycles. The lowest BCUT2D eigenvalue weighted by molar-refractivity contribution is -0.116. The zero-order chi connectivity index (χ0) is 20.4. The standard InChI is InChI=1S/C23H20N4O2/c1-16-5-7-19(8-6-16)20-9-10-22-21(12-20)15-26(23(29)27(22)17(2)28)25-14-18-4-3-11-24-13-18/h3-14H,15H2,1-2H3. The molecule has 29 heavy (non-hydrogen) atoms. The van der Waals surface area contributed by atoms with Crippen LogP contribution in [0.3, 0.4) is 0 Å². The Morgan fingerprint density at radius 1 is 1.10 bits per heavy atom. The molecule has 6 nitrogen and oxygen atoms in total. The molecule has 0 radical (unpaired) electrons. The lowest BCUT2D eigenvalue weighted by Gasteiger charge is -2.32. The number of nitrogens with zero attached hydrogens (tertiary/aromatic N) is 4. The Kier molecular flexibility index (Phi) is 4.91. The molecule has 0 unspecified atom stereocenters. The van der Waals surface area contributed by atoms with Crippen molar-refractivity contribution in [2.75, 3.05) is 4.90 Å². The highest BCUT2D eigenvalue weighted by Gasteiger charge is 2.33. The minimum atomic E-state index is -0.465. The quantitative estimate of drug-likeness (QED) is 0.630. The van der Waals surface area contributed by atoms with Crippen LogP contribution in [0.1, 0.15) is 23.6 Å². The van der Waals surface area contributed by atoms with Crippen LogP contribution in [0.15, 0.2) is 72.1 Å². The topological polar surface area (TPSA) is 65.9 Å². The number of hydrogen-bond donors (Lipinski definition) is 0. The molecule has 3 amide bonds. The third-order valence-electron chi connectivity index (χ3n) is 4.78. The van der Waals surface area contributed by atoms with Gasteiger partial charge in [-0.2, -0.15) is 5.10 Å². The summed E-state index contributed by atoms with van der Waals surface area (Å²) in [7, 11) is 0. The fourth-order valence-electron chi connectivity index (χ4n) is 3.29. The molecule has 3 aromatic rings. The average Bonchev–Trinajstić information content (AvgIpc) is 2.73. The predicted octanol–water partition coefficient (Wildman–Crippen LogP) is 4.38. The number of carbonyl (C=O) groups excluding carboxylic acids is 2. The van der Waals surface area contributed by atoms with Crippen molar-refractivity contribution in [3.05, 3.63) is 83.7 Å². The summed E-state index contributed by atoms with van der Waals surface area (Å²) >= 11 is 0. The largest absolute Gasteiger partial charge is 0.352 e. The van der Waals surface area contributed by atoms with Crippen molar-refractivity contribution in [3.8, 4) is 11.1 Å². The fraction of sp³-hybridized carbons (Fsp3) is 0.130. The Morgan fingerprint density at radius 2 is 1.86 bits per heavy atom. The van der Waals surface area contributed by atoms with Gasteiger partial charge >= 0.3 is 6.03 Å². The second-order valence-corrected chi connectivity index (χ2v) is 6.94. The lowest BCUT2D eigenvalue weighted by Crippen LogP contribution is -2.47. The van der Waals surface area contributed by atoms with E-state index in [-0.39, 0.29) is 12.5 Å². The Balaban J connectivity index is 1.71. The third kappa shape index (κ3) is 3.78. The molecule has 2 heterocycles. The van der Waals surface area contributed by atoms with Crippen LogP contribution < -0.4 is 4.90 Å². The third-order valence-corrected chi connectivity index (χ3v) is 4.78. The number of aryl methyl sites for hydroxylation is 1. The van der Waals surface area contributed by atoms with Crippen LogP contribution in [0.25, 0.3) is 11.1 Å². The maximum atomic E-state index is 12.8. The zero-order valence-corrected chi connectivity index (χ0v) is 16.2. The number of anilines is 1. The molecule has 6 heteroatoms. The summed E-state index contributed by atoms with van der Waals surface area (Å²) < 4.78 is 0. The van der Waals surface area contributed by atoms with E-state index in [0.717, 1.165) is 22.3 Å². The van der Waals surface area contributed by atoms with Crippen molar-refractivity contribution < 1.29 is 9.59 Å². The zero-order valence-electron chi connectivity index (χ0n) is 16.2. The van der Waals surface area contributed by atoms with Gasteiger partial charge in [-0.15, -0.1) is 0 Å². The van der Waals surface area contributed by atoms with Crippen molar-refractivity contribution in [3.63, 3.8) is 0 Å². The molecule has 0 saturated heterocycles. The maximum absolute atomic E-state index is 12.8.